The molecule has 0 saturated carbocycles. The topological polar surface area (TPSA) is 74.0 Å². The third-order valence-electron chi connectivity index (χ3n) is 3.47. The number of carbonyl (C=O) groups is 1. The first-order valence-corrected chi connectivity index (χ1v) is 8.12. The minimum Gasteiger partial charge on any atom is -0.388 e. The van der Waals surface area contributed by atoms with Gasteiger partial charge in [-0.25, -0.2) is 0 Å². The Kier molecular flexibility index (Phi) is 6.17. The lowest BCUT2D eigenvalue weighted by Crippen LogP contribution is -2.51. The van der Waals surface area contributed by atoms with Crippen LogP contribution in [-0.2, 0) is 4.79 Å². The summed E-state index contributed by atoms with van der Waals surface area (Å²) >= 11 is 17.1. The van der Waals surface area contributed by atoms with E-state index in [1.807, 2.05) is 7.05 Å². The summed E-state index contributed by atoms with van der Waals surface area (Å²) in [7, 11) is 2.01. The maximum Gasteiger partial charge on any atom is 0.277 e. The molecule has 0 spiro atoms. The molecule has 0 bridgehead atoms. The number of hydrogen-bond donors (Lipinski definition) is 2. The molecule has 1 aliphatic rings. The van der Waals surface area contributed by atoms with Crippen molar-refractivity contribution in [2.24, 2.45) is 10.8 Å². The van der Waals surface area contributed by atoms with E-state index in [-0.39, 0.29) is 16.6 Å². The van der Waals surface area contributed by atoms with E-state index in [0.29, 0.717) is 28.8 Å². The summed E-state index contributed by atoms with van der Waals surface area (Å²) in [5.41, 5.74) is 8.72. The lowest BCUT2D eigenvalue weighted by atomic mass is 10.2. The number of carbonyl (C=O) groups excluding carboxylic acids is 1. The number of hydrogen-bond acceptors (Lipinski definition) is 5. The molecule has 1 aliphatic heterocycles. The molecule has 1 aromatic rings. The quantitative estimate of drug-likeness (QED) is 0.478. The van der Waals surface area contributed by atoms with Gasteiger partial charge in [-0.3, -0.25) is 10.2 Å². The fraction of sp³-hybridized carbons (Fsp3) is 0.357. The van der Waals surface area contributed by atoms with Crippen molar-refractivity contribution in [2.45, 2.75) is 0 Å². The highest BCUT2D eigenvalue weighted by Gasteiger charge is 2.25. The molecule has 1 saturated heterocycles. The van der Waals surface area contributed by atoms with Gasteiger partial charge in [-0.15, -0.1) is 0 Å². The molecule has 124 valence electrons. The number of nitrogens with zero attached hydrogens (tertiary/aromatic N) is 3. The molecule has 1 fully saturated rings. The Balaban J connectivity index is 2.18. The third-order valence-corrected chi connectivity index (χ3v) is 4.29. The highest BCUT2D eigenvalue weighted by atomic mass is 35.5. The summed E-state index contributed by atoms with van der Waals surface area (Å²) in [5.74, 6) is -0.304. The molecule has 0 atom stereocenters. The number of halogens is 2. The average molecular weight is 374 g/mol. The number of piperazine rings is 1. The number of rotatable bonds is 4. The van der Waals surface area contributed by atoms with Gasteiger partial charge in [-0.1, -0.05) is 41.5 Å². The summed E-state index contributed by atoms with van der Waals surface area (Å²) in [6.07, 6.45) is 0. The monoisotopic (exact) mass is 373 g/mol. The molecule has 1 aromatic carbocycles. The van der Waals surface area contributed by atoms with Crippen molar-refractivity contribution in [1.82, 2.24) is 9.80 Å². The Labute approximate surface area is 150 Å². The lowest BCUT2D eigenvalue weighted by Gasteiger charge is -2.32. The number of hydrazone groups is 1. The fourth-order valence-corrected chi connectivity index (χ4v) is 2.70. The number of nitrogens with two attached hydrogens (primary N) is 1. The molecule has 1 amide bonds. The molecular formula is C14H17Cl2N5OS. The van der Waals surface area contributed by atoms with Gasteiger partial charge >= 0.3 is 0 Å². The number of thiocarbonyl (C=S) groups is 1. The van der Waals surface area contributed by atoms with Gasteiger partial charge in [0.2, 0.25) is 0 Å². The first kappa shape index (κ1) is 17.9. The van der Waals surface area contributed by atoms with Crippen molar-refractivity contribution in [3.8, 4) is 0 Å². The number of benzene rings is 1. The maximum atomic E-state index is 12.5. The first-order valence-electron chi connectivity index (χ1n) is 6.95. The Hall–Kier alpha value is -1.41. The largest absolute Gasteiger partial charge is 0.388 e. The first-order chi connectivity index (χ1) is 10.9. The molecule has 2 rings (SSSR count). The van der Waals surface area contributed by atoms with Gasteiger partial charge in [-0.05, 0) is 19.2 Å². The van der Waals surface area contributed by atoms with E-state index in [1.54, 1.807) is 23.1 Å². The van der Waals surface area contributed by atoms with Crippen LogP contribution in [-0.4, -0.2) is 59.6 Å². The van der Waals surface area contributed by atoms with Crippen LogP contribution in [0.25, 0.3) is 0 Å². The Morgan fingerprint density at radius 1 is 1.26 bits per heavy atom. The highest BCUT2D eigenvalue weighted by molar-refractivity contribution is 7.82. The molecule has 0 unspecified atom stereocenters. The molecule has 23 heavy (non-hydrogen) atoms. The molecular weight excluding hydrogens is 357 g/mol. The number of para-hydroxylation sites is 1. The zero-order valence-corrected chi connectivity index (χ0v) is 14.9. The number of anilines is 1. The predicted molar refractivity (Wildman–Crippen MR) is 98.4 cm³/mol. The molecule has 9 heteroatoms. The summed E-state index contributed by atoms with van der Waals surface area (Å²) in [5, 5.41) is 4.81. The van der Waals surface area contributed by atoms with E-state index in [9.17, 15) is 4.79 Å². The standard InChI is InChI=1S/C14H17Cl2N5OS/c1-20-5-7-21(8-6-20)14(22)12(13(17)23)19-18-11-9(15)3-2-4-10(11)16/h2-4,18H,5-8H2,1H3,(H2,17,23). The van der Waals surface area contributed by atoms with E-state index in [1.165, 1.54) is 0 Å². The second-order valence-electron chi connectivity index (χ2n) is 5.13. The van der Waals surface area contributed by atoms with Crippen LogP contribution in [0.3, 0.4) is 0 Å². The SMILES string of the molecule is CN1CCN(C(=O)C(=NNc2c(Cl)cccc2Cl)C(N)=S)CC1. The van der Waals surface area contributed by atoms with Crippen LogP contribution in [0.2, 0.25) is 10.0 Å². The molecule has 1 heterocycles. The van der Waals surface area contributed by atoms with Gasteiger partial charge in [0, 0.05) is 26.2 Å². The molecule has 6 nitrogen and oxygen atoms in total. The third kappa shape index (κ3) is 4.54. The normalized spacial score (nSPS) is 16.3. The van der Waals surface area contributed by atoms with Gasteiger partial charge in [0.15, 0.2) is 5.71 Å². The fourth-order valence-electron chi connectivity index (χ4n) is 2.08. The smallest absolute Gasteiger partial charge is 0.277 e. The van der Waals surface area contributed by atoms with E-state index in [0.717, 1.165) is 13.1 Å². The van der Waals surface area contributed by atoms with Crippen LogP contribution in [0.4, 0.5) is 5.69 Å². The van der Waals surface area contributed by atoms with Crippen LogP contribution < -0.4 is 11.2 Å². The predicted octanol–water partition coefficient (Wildman–Crippen LogP) is 1.82. The number of amides is 1. The lowest BCUT2D eigenvalue weighted by molar-refractivity contribution is -0.125. The van der Waals surface area contributed by atoms with Crippen molar-refractivity contribution in [3.63, 3.8) is 0 Å². The van der Waals surface area contributed by atoms with Crippen LogP contribution in [0.5, 0.6) is 0 Å². The summed E-state index contributed by atoms with van der Waals surface area (Å²) in [6.45, 7) is 2.79. The Bertz CT molecular complexity index is 624. The van der Waals surface area contributed by atoms with E-state index >= 15 is 0 Å². The van der Waals surface area contributed by atoms with Crippen LogP contribution in [0.15, 0.2) is 23.3 Å². The maximum absolute atomic E-state index is 12.5. The van der Waals surface area contributed by atoms with Crippen LogP contribution >= 0.6 is 35.4 Å². The van der Waals surface area contributed by atoms with Gasteiger partial charge in [0.1, 0.15) is 4.99 Å². The van der Waals surface area contributed by atoms with Gasteiger partial charge in [0.05, 0.1) is 15.7 Å². The van der Waals surface area contributed by atoms with E-state index in [4.69, 9.17) is 41.2 Å². The summed E-state index contributed by atoms with van der Waals surface area (Å²) < 4.78 is 0. The molecule has 0 aliphatic carbocycles. The second-order valence-corrected chi connectivity index (χ2v) is 6.38. The van der Waals surface area contributed by atoms with Gasteiger partial charge in [0.25, 0.3) is 5.91 Å². The van der Waals surface area contributed by atoms with Crippen molar-refractivity contribution in [3.05, 3.63) is 28.2 Å². The highest BCUT2D eigenvalue weighted by Crippen LogP contribution is 2.29. The van der Waals surface area contributed by atoms with Crippen molar-refractivity contribution in [2.75, 3.05) is 38.7 Å². The van der Waals surface area contributed by atoms with Crippen molar-refractivity contribution >= 4 is 57.7 Å². The zero-order chi connectivity index (χ0) is 17.0. The number of nitrogens with one attached hydrogen (secondary N) is 1. The summed E-state index contributed by atoms with van der Waals surface area (Å²) in [4.78, 5) is 16.3. The van der Waals surface area contributed by atoms with E-state index < -0.39 is 0 Å². The molecule has 3 N–H and O–H groups in total. The van der Waals surface area contributed by atoms with Crippen LogP contribution in [0, 0.1) is 0 Å². The van der Waals surface area contributed by atoms with E-state index in [2.05, 4.69) is 15.4 Å². The molecule has 0 radical (unpaired) electrons. The van der Waals surface area contributed by atoms with Gasteiger partial charge in [-0.2, -0.15) is 5.10 Å². The average Bonchev–Trinajstić information content (AvgIpc) is 2.50. The van der Waals surface area contributed by atoms with Crippen molar-refractivity contribution in [1.29, 1.82) is 0 Å². The second kappa shape index (κ2) is 7.92. The van der Waals surface area contributed by atoms with Crippen molar-refractivity contribution < 1.29 is 4.79 Å². The van der Waals surface area contributed by atoms with Crippen LogP contribution in [0.1, 0.15) is 0 Å². The minimum atomic E-state index is -0.304. The Morgan fingerprint density at radius 3 is 2.35 bits per heavy atom. The van der Waals surface area contributed by atoms with Gasteiger partial charge < -0.3 is 15.5 Å². The summed E-state index contributed by atoms with van der Waals surface area (Å²) in [6, 6.07) is 5.03. The minimum absolute atomic E-state index is 0.0134. The molecule has 0 aromatic heterocycles. The number of likely N-dealkylation sites (N-methyl/N-ethyl adjacent to an activating group) is 1. The Morgan fingerprint density at radius 2 is 1.83 bits per heavy atom. The zero-order valence-electron chi connectivity index (χ0n) is 12.6.